The second-order valence-corrected chi connectivity index (χ2v) is 6.89. The second-order valence-electron chi connectivity index (χ2n) is 6.89. The van der Waals surface area contributed by atoms with Crippen LogP contribution in [-0.2, 0) is 11.2 Å². The first kappa shape index (κ1) is 19.7. The lowest BCUT2D eigenvalue weighted by Gasteiger charge is -2.10. The number of hydrogen-bond donors (Lipinski definition) is 1. The summed E-state index contributed by atoms with van der Waals surface area (Å²) < 4.78 is 17.0. The highest BCUT2D eigenvalue weighted by Crippen LogP contribution is 2.34. The van der Waals surface area contributed by atoms with Crippen molar-refractivity contribution in [3.63, 3.8) is 0 Å². The van der Waals surface area contributed by atoms with E-state index in [1.807, 2.05) is 58.0 Å². The average Bonchev–Trinajstić information content (AvgIpc) is 3.02. The number of hydrogen-bond acceptors (Lipinski definition) is 5. The van der Waals surface area contributed by atoms with E-state index >= 15 is 0 Å². The number of amides is 1. The lowest BCUT2D eigenvalue weighted by molar-refractivity contribution is -0.123. The fraction of sp³-hybridized carbons (Fsp3) is 0.364. The summed E-state index contributed by atoms with van der Waals surface area (Å²) in [4.78, 5) is 12.0. The third-order valence-corrected chi connectivity index (χ3v) is 4.57. The summed E-state index contributed by atoms with van der Waals surface area (Å²) in [7, 11) is 0. The van der Waals surface area contributed by atoms with Crippen molar-refractivity contribution in [2.24, 2.45) is 5.10 Å². The molecule has 3 rings (SSSR count). The molecule has 0 saturated heterocycles. The molecule has 0 saturated carbocycles. The molecule has 0 unspecified atom stereocenters. The number of carbonyl (C=O) groups excluding carboxylic acids is 1. The van der Waals surface area contributed by atoms with Gasteiger partial charge >= 0.3 is 0 Å². The van der Waals surface area contributed by atoms with E-state index in [1.165, 1.54) is 5.56 Å². The van der Waals surface area contributed by atoms with Gasteiger partial charge in [0.2, 0.25) is 0 Å². The maximum absolute atomic E-state index is 12.0. The summed E-state index contributed by atoms with van der Waals surface area (Å²) in [5.74, 6) is 1.88. The number of fused-ring (bicyclic) bond motifs is 1. The predicted molar refractivity (Wildman–Crippen MR) is 109 cm³/mol. The average molecular weight is 382 g/mol. The van der Waals surface area contributed by atoms with Crippen LogP contribution < -0.4 is 19.6 Å². The molecule has 148 valence electrons. The number of carbonyl (C=O) groups is 1. The zero-order valence-corrected chi connectivity index (χ0v) is 16.7. The van der Waals surface area contributed by atoms with Crippen molar-refractivity contribution in [1.29, 1.82) is 0 Å². The smallest absolute Gasteiger partial charge is 0.277 e. The zero-order chi connectivity index (χ0) is 20.1. The fourth-order valence-corrected chi connectivity index (χ4v) is 3.00. The molecule has 28 heavy (non-hydrogen) atoms. The maximum atomic E-state index is 12.0. The SMILES string of the molecule is CCOc1cc2c(cc1/C=N\NC(=O)COc1ccc(C)c(C)c1)O[C@H](C)C2. The van der Waals surface area contributed by atoms with Crippen LogP contribution in [0.5, 0.6) is 17.2 Å². The van der Waals surface area contributed by atoms with Crippen LogP contribution in [0.4, 0.5) is 0 Å². The minimum atomic E-state index is -0.335. The molecular formula is C22H26N2O4. The first-order valence-corrected chi connectivity index (χ1v) is 9.44. The highest BCUT2D eigenvalue weighted by molar-refractivity contribution is 5.86. The minimum Gasteiger partial charge on any atom is -0.493 e. The van der Waals surface area contributed by atoms with Gasteiger partial charge in [-0.25, -0.2) is 5.43 Å². The van der Waals surface area contributed by atoms with E-state index in [2.05, 4.69) is 10.5 Å². The Balaban J connectivity index is 1.59. The van der Waals surface area contributed by atoms with Crippen molar-refractivity contribution in [3.05, 3.63) is 52.6 Å². The van der Waals surface area contributed by atoms with Gasteiger partial charge in [0.15, 0.2) is 6.61 Å². The molecule has 0 spiro atoms. The van der Waals surface area contributed by atoms with Crippen molar-refractivity contribution in [2.75, 3.05) is 13.2 Å². The van der Waals surface area contributed by atoms with Crippen LogP contribution in [-0.4, -0.2) is 31.4 Å². The third kappa shape index (κ3) is 4.82. The van der Waals surface area contributed by atoms with Gasteiger partial charge in [0, 0.05) is 17.5 Å². The number of benzene rings is 2. The summed E-state index contributed by atoms with van der Waals surface area (Å²) in [5, 5.41) is 4.03. The molecule has 2 aromatic carbocycles. The van der Waals surface area contributed by atoms with Crippen LogP contribution >= 0.6 is 0 Å². The van der Waals surface area contributed by atoms with Gasteiger partial charge in [0.05, 0.1) is 12.8 Å². The maximum Gasteiger partial charge on any atom is 0.277 e. The third-order valence-electron chi connectivity index (χ3n) is 4.57. The van der Waals surface area contributed by atoms with Crippen LogP contribution in [0.1, 0.15) is 36.1 Å². The molecule has 0 radical (unpaired) electrons. The molecule has 1 amide bonds. The summed E-state index contributed by atoms with van der Waals surface area (Å²) in [6, 6.07) is 9.59. The molecule has 1 N–H and O–H groups in total. The van der Waals surface area contributed by atoms with Gasteiger partial charge in [-0.1, -0.05) is 6.07 Å². The van der Waals surface area contributed by atoms with Crippen molar-refractivity contribution in [2.45, 2.75) is 40.2 Å². The molecule has 0 aliphatic carbocycles. The van der Waals surface area contributed by atoms with Crippen LogP contribution in [0.15, 0.2) is 35.4 Å². The molecule has 0 aromatic heterocycles. The van der Waals surface area contributed by atoms with E-state index in [0.29, 0.717) is 12.4 Å². The number of nitrogens with one attached hydrogen (secondary N) is 1. The van der Waals surface area contributed by atoms with Crippen LogP contribution in [0.2, 0.25) is 0 Å². The minimum absolute atomic E-state index is 0.108. The molecule has 6 nitrogen and oxygen atoms in total. The van der Waals surface area contributed by atoms with Gasteiger partial charge in [-0.15, -0.1) is 0 Å². The molecule has 1 atom stereocenters. The monoisotopic (exact) mass is 382 g/mol. The van der Waals surface area contributed by atoms with Crippen LogP contribution in [0.3, 0.4) is 0 Å². The van der Waals surface area contributed by atoms with Gasteiger partial charge in [-0.05, 0) is 63.1 Å². The van der Waals surface area contributed by atoms with Gasteiger partial charge in [-0.2, -0.15) is 5.10 Å². The Kier molecular flexibility index (Phi) is 6.19. The van der Waals surface area contributed by atoms with Crippen molar-refractivity contribution >= 4 is 12.1 Å². The summed E-state index contributed by atoms with van der Waals surface area (Å²) in [5.41, 5.74) is 6.66. The normalized spacial score (nSPS) is 15.2. The standard InChI is InChI=1S/C22H26N2O4/c1-5-26-20-10-17-9-16(4)28-21(17)11-18(20)12-23-24-22(25)13-27-19-7-6-14(2)15(3)8-19/h6-8,10-12,16H,5,9,13H2,1-4H3,(H,24,25)/b23-12-/t16-/m1/s1. The molecule has 2 aromatic rings. The van der Waals surface area contributed by atoms with Gasteiger partial charge in [0.25, 0.3) is 5.91 Å². The summed E-state index contributed by atoms with van der Waals surface area (Å²) in [6.45, 7) is 8.43. The molecule has 1 heterocycles. The topological polar surface area (TPSA) is 69.2 Å². The van der Waals surface area contributed by atoms with E-state index in [9.17, 15) is 4.79 Å². The van der Waals surface area contributed by atoms with Crippen molar-refractivity contribution in [3.8, 4) is 17.2 Å². The molecule has 1 aliphatic heterocycles. The van der Waals surface area contributed by atoms with Crippen molar-refractivity contribution in [1.82, 2.24) is 5.43 Å². The Morgan fingerprint density at radius 3 is 2.82 bits per heavy atom. The van der Waals surface area contributed by atoms with E-state index in [-0.39, 0.29) is 18.6 Å². The quantitative estimate of drug-likeness (QED) is 0.587. The number of ether oxygens (including phenoxy) is 3. The van der Waals surface area contributed by atoms with E-state index in [4.69, 9.17) is 14.2 Å². The van der Waals surface area contributed by atoms with E-state index < -0.39 is 0 Å². The largest absolute Gasteiger partial charge is 0.493 e. The summed E-state index contributed by atoms with van der Waals surface area (Å²) >= 11 is 0. The Labute approximate surface area is 165 Å². The molecule has 1 aliphatic rings. The first-order valence-electron chi connectivity index (χ1n) is 9.44. The number of aryl methyl sites for hydroxylation is 2. The van der Waals surface area contributed by atoms with Crippen LogP contribution in [0.25, 0.3) is 0 Å². The van der Waals surface area contributed by atoms with E-state index in [1.54, 1.807) is 6.21 Å². The highest BCUT2D eigenvalue weighted by atomic mass is 16.5. The summed E-state index contributed by atoms with van der Waals surface area (Å²) in [6.07, 6.45) is 2.57. The van der Waals surface area contributed by atoms with Gasteiger partial charge < -0.3 is 14.2 Å². The number of rotatable bonds is 7. The lowest BCUT2D eigenvalue weighted by atomic mass is 10.1. The lowest BCUT2D eigenvalue weighted by Crippen LogP contribution is -2.24. The Morgan fingerprint density at radius 1 is 1.25 bits per heavy atom. The number of hydrazone groups is 1. The second kappa shape index (κ2) is 8.78. The zero-order valence-electron chi connectivity index (χ0n) is 16.7. The van der Waals surface area contributed by atoms with E-state index in [0.717, 1.165) is 34.6 Å². The molecule has 0 fully saturated rings. The first-order chi connectivity index (χ1) is 13.5. The molecule has 6 heteroatoms. The highest BCUT2D eigenvalue weighted by Gasteiger charge is 2.21. The Hall–Kier alpha value is -3.02. The molecule has 0 bridgehead atoms. The Morgan fingerprint density at radius 2 is 2.07 bits per heavy atom. The molecular weight excluding hydrogens is 356 g/mol. The predicted octanol–water partition coefficient (Wildman–Crippen LogP) is 3.55. The number of nitrogens with zero attached hydrogens (tertiary/aromatic N) is 1. The Bertz CT molecular complexity index is 892. The van der Waals surface area contributed by atoms with Crippen LogP contribution in [0, 0.1) is 13.8 Å². The fourth-order valence-electron chi connectivity index (χ4n) is 3.00. The van der Waals surface area contributed by atoms with Gasteiger partial charge in [-0.3, -0.25) is 4.79 Å². The van der Waals surface area contributed by atoms with Crippen molar-refractivity contribution < 1.29 is 19.0 Å². The van der Waals surface area contributed by atoms with Gasteiger partial charge in [0.1, 0.15) is 23.4 Å².